The molecule has 0 saturated heterocycles. The number of ether oxygens (including phenoxy) is 2. The Morgan fingerprint density at radius 2 is 1.81 bits per heavy atom. The number of para-hydroxylation sites is 1. The number of anilines is 1. The van der Waals surface area contributed by atoms with Gasteiger partial charge in [-0.25, -0.2) is 13.9 Å². The number of rotatable bonds is 3. The monoisotopic (exact) mass is 376 g/mol. The van der Waals surface area contributed by atoms with Crippen molar-refractivity contribution in [1.82, 2.24) is 5.48 Å². The summed E-state index contributed by atoms with van der Waals surface area (Å²) < 4.78 is 38.6. The molecule has 0 aromatic heterocycles. The highest BCUT2D eigenvalue weighted by Crippen LogP contribution is 2.48. The van der Waals surface area contributed by atoms with E-state index in [2.05, 4.69) is 0 Å². The van der Waals surface area contributed by atoms with Crippen LogP contribution in [0.15, 0.2) is 47.4 Å². The molecule has 0 radical (unpaired) electrons. The molecule has 2 aromatic carbocycles. The van der Waals surface area contributed by atoms with E-state index in [4.69, 9.17) is 14.7 Å². The van der Waals surface area contributed by atoms with Crippen molar-refractivity contribution >= 4 is 21.6 Å². The summed E-state index contributed by atoms with van der Waals surface area (Å²) in [7, 11) is -3.90. The largest absolute Gasteiger partial charge is 0.486 e. The molecular weight excluding hydrogens is 360 g/mol. The molecule has 2 aliphatic rings. The highest BCUT2D eigenvalue weighted by Gasteiger charge is 2.45. The van der Waals surface area contributed by atoms with Crippen molar-refractivity contribution in [2.24, 2.45) is 0 Å². The SMILES string of the molecule is O=C(CC1c2cc3c(cc2S(=O)(=O)N1c1ccccc1)OCCO3)NO. The van der Waals surface area contributed by atoms with E-state index < -0.39 is 22.0 Å². The molecule has 1 unspecified atom stereocenters. The number of hydroxylamine groups is 1. The average molecular weight is 376 g/mol. The van der Waals surface area contributed by atoms with E-state index in [0.717, 1.165) is 0 Å². The Labute approximate surface area is 150 Å². The molecule has 0 aliphatic carbocycles. The minimum absolute atomic E-state index is 0.0707. The van der Waals surface area contributed by atoms with Gasteiger partial charge < -0.3 is 9.47 Å². The van der Waals surface area contributed by atoms with E-state index in [1.165, 1.54) is 10.4 Å². The van der Waals surface area contributed by atoms with Gasteiger partial charge in [0.2, 0.25) is 5.91 Å². The normalized spacial score (nSPS) is 19.7. The zero-order chi connectivity index (χ0) is 18.3. The van der Waals surface area contributed by atoms with Crippen LogP contribution >= 0.6 is 0 Å². The van der Waals surface area contributed by atoms with E-state index >= 15 is 0 Å². The van der Waals surface area contributed by atoms with Crippen LogP contribution in [0.4, 0.5) is 5.69 Å². The second-order valence-corrected chi connectivity index (χ2v) is 7.71. The fraction of sp³-hybridized carbons (Fsp3) is 0.235. The maximum atomic E-state index is 13.2. The highest BCUT2D eigenvalue weighted by molar-refractivity contribution is 7.93. The Morgan fingerprint density at radius 3 is 2.46 bits per heavy atom. The summed E-state index contributed by atoms with van der Waals surface area (Å²) in [4.78, 5) is 11.9. The lowest BCUT2D eigenvalue weighted by Crippen LogP contribution is -2.32. The van der Waals surface area contributed by atoms with E-state index in [0.29, 0.717) is 36.0 Å². The maximum absolute atomic E-state index is 13.2. The highest BCUT2D eigenvalue weighted by atomic mass is 32.2. The number of hydrogen-bond acceptors (Lipinski definition) is 6. The average Bonchev–Trinajstić information content (AvgIpc) is 2.87. The molecule has 136 valence electrons. The van der Waals surface area contributed by atoms with Gasteiger partial charge in [0.25, 0.3) is 10.0 Å². The maximum Gasteiger partial charge on any atom is 0.265 e. The lowest BCUT2D eigenvalue weighted by atomic mass is 10.0. The molecule has 8 nitrogen and oxygen atoms in total. The minimum atomic E-state index is -3.90. The summed E-state index contributed by atoms with van der Waals surface area (Å²) in [5, 5.41) is 8.91. The standard InChI is InChI=1S/C17H16N2O6S/c20-17(18-21)9-13-12-8-14-15(25-7-6-24-14)10-16(12)26(22,23)19(13)11-4-2-1-3-5-11/h1-5,8,10,13,21H,6-7,9H2,(H,18,20). The van der Waals surface area contributed by atoms with Gasteiger partial charge in [-0.2, -0.15) is 0 Å². The molecule has 0 fully saturated rings. The van der Waals surface area contributed by atoms with Crippen LogP contribution in [0, 0.1) is 0 Å². The lowest BCUT2D eigenvalue weighted by Gasteiger charge is -2.25. The predicted molar refractivity (Wildman–Crippen MR) is 90.8 cm³/mol. The first-order valence-corrected chi connectivity index (χ1v) is 9.42. The van der Waals surface area contributed by atoms with Gasteiger partial charge in [-0.3, -0.25) is 14.3 Å². The molecule has 0 spiro atoms. The van der Waals surface area contributed by atoms with Gasteiger partial charge >= 0.3 is 0 Å². The van der Waals surface area contributed by atoms with Crippen LogP contribution in [0.25, 0.3) is 0 Å². The van der Waals surface area contributed by atoms with Crippen LogP contribution in [0.2, 0.25) is 0 Å². The van der Waals surface area contributed by atoms with Crippen LogP contribution in [0.3, 0.4) is 0 Å². The molecule has 1 amide bonds. The Kier molecular flexibility index (Phi) is 3.97. The first-order valence-electron chi connectivity index (χ1n) is 7.98. The molecule has 9 heteroatoms. The summed E-state index contributed by atoms with van der Waals surface area (Å²) in [6.45, 7) is 0.702. The third-order valence-corrected chi connectivity index (χ3v) is 6.26. The molecule has 2 aliphatic heterocycles. The van der Waals surface area contributed by atoms with E-state index in [1.807, 2.05) is 0 Å². The quantitative estimate of drug-likeness (QED) is 0.623. The summed E-state index contributed by atoms with van der Waals surface area (Å²) in [6, 6.07) is 10.7. The van der Waals surface area contributed by atoms with Gasteiger partial charge in [0.15, 0.2) is 11.5 Å². The Morgan fingerprint density at radius 1 is 1.15 bits per heavy atom. The van der Waals surface area contributed by atoms with Gasteiger partial charge in [0.1, 0.15) is 13.2 Å². The van der Waals surface area contributed by atoms with Crippen molar-refractivity contribution in [3.8, 4) is 11.5 Å². The fourth-order valence-corrected chi connectivity index (χ4v) is 5.16. The third-order valence-electron chi connectivity index (χ3n) is 4.37. The number of nitrogens with zero attached hydrogens (tertiary/aromatic N) is 1. The van der Waals surface area contributed by atoms with Crippen molar-refractivity contribution in [3.63, 3.8) is 0 Å². The number of sulfonamides is 1. The Bertz CT molecular complexity index is 961. The van der Waals surface area contributed by atoms with Crippen molar-refractivity contribution < 1.29 is 27.9 Å². The van der Waals surface area contributed by atoms with E-state index in [9.17, 15) is 13.2 Å². The molecule has 2 aromatic rings. The van der Waals surface area contributed by atoms with Gasteiger partial charge in [0.05, 0.1) is 23.0 Å². The number of carbonyl (C=O) groups excluding carboxylic acids is 1. The van der Waals surface area contributed by atoms with Crippen molar-refractivity contribution in [1.29, 1.82) is 0 Å². The first-order chi connectivity index (χ1) is 12.5. The number of carbonyl (C=O) groups is 1. The van der Waals surface area contributed by atoms with Crippen LogP contribution < -0.4 is 19.3 Å². The first kappa shape index (κ1) is 16.7. The smallest absolute Gasteiger partial charge is 0.265 e. The molecule has 4 rings (SSSR count). The van der Waals surface area contributed by atoms with Crippen molar-refractivity contribution in [2.45, 2.75) is 17.4 Å². The van der Waals surface area contributed by atoms with E-state index in [-0.39, 0.29) is 11.3 Å². The zero-order valence-electron chi connectivity index (χ0n) is 13.6. The summed E-state index contributed by atoms with van der Waals surface area (Å²) in [5.74, 6) is 0.113. The summed E-state index contributed by atoms with van der Waals surface area (Å²) >= 11 is 0. The minimum Gasteiger partial charge on any atom is -0.486 e. The summed E-state index contributed by atoms with van der Waals surface area (Å²) in [5.41, 5.74) is 2.43. The molecule has 26 heavy (non-hydrogen) atoms. The van der Waals surface area contributed by atoms with Crippen LogP contribution in [-0.4, -0.2) is 32.7 Å². The van der Waals surface area contributed by atoms with Gasteiger partial charge in [-0.05, 0) is 18.2 Å². The number of nitrogens with one attached hydrogen (secondary N) is 1. The van der Waals surface area contributed by atoms with Crippen molar-refractivity contribution in [2.75, 3.05) is 17.5 Å². The third kappa shape index (κ3) is 2.56. The molecule has 2 heterocycles. The topological polar surface area (TPSA) is 105 Å². The molecule has 1 atom stereocenters. The molecule has 2 N–H and O–H groups in total. The summed E-state index contributed by atoms with van der Waals surface area (Å²) in [6.07, 6.45) is -0.239. The van der Waals surface area contributed by atoms with Gasteiger partial charge in [-0.15, -0.1) is 0 Å². The Balaban J connectivity index is 1.90. The van der Waals surface area contributed by atoms with Crippen LogP contribution in [0.1, 0.15) is 18.0 Å². The van der Waals surface area contributed by atoms with Crippen molar-refractivity contribution in [3.05, 3.63) is 48.0 Å². The lowest BCUT2D eigenvalue weighted by molar-refractivity contribution is -0.129. The molecular formula is C17H16N2O6S. The number of benzene rings is 2. The number of fused-ring (bicyclic) bond motifs is 2. The van der Waals surface area contributed by atoms with Gasteiger partial charge in [-0.1, -0.05) is 18.2 Å². The second kappa shape index (κ2) is 6.19. The van der Waals surface area contributed by atoms with Crippen LogP contribution in [0.5, 0.6) is 11.5 Å². The van der Waals surface area contributed by atoms with E-state index in [1.54, 1.807) is 41.9 Å². The second-order valence-electron chi connectivity index (χ2n) is 5.93. The number of hydrogen-bond donors (Lipinski definition) is 2. The Hall–Kier alpha value is -2.78. The molecule has 0 saturated carbocycles. The molecule has 0 bridgehead atoms. The number of amides is 1. The van der Waals surface area contributed by atoms with Crippen LogP contribution in [-0.2, 0) is 14.8 Å². The van der Waals surface area contributed by atoms with Gasteiger partial charge in [0, 0.05) is 11.6 Å². The zero-order valence-corrected chi connectivity index (χ0v) is 14.4. The predicted octanol–water partition coefficient (Wildman–Crippen LogP) is 1.60. The fourth-order valence-electron chi connectivity index (χ4n) is 3.28.